The summed E-state index contributed by atoms with van der Waals surface area (Å²) >= 11 is 0. The molecule has 0 aliphatic carbocycles. The third kappa shape index (κ3) is 3.62. The molecule has 1 aliphatic rings. The number of carbonyl (C=O) groups excluding carboxylic acids is 1. The van der Waals surface area contributed by atoms with Gasteiger partial charge in [-0.15, -0.1) is 0 Å². The van der Waals surface area contributed by atoms with E-state index in [4.69, 9.17) is 4.74 Å². The molecule has 0 saturated carbocycles. The lowest BCUT2D eigenvalue weighted by Crippen LogP contribution is -2.23. The highest BCUT2D eigenvalue weighted by atomic mass is 16.5. The van der Waals surface area contributed by atoms with E-state index >= 15 is 0 Å². The highest BCUT2D eigenvalue weighted by molar-refractivity contribution is 5.90. The SMILES string of the molecule is CC(C)(C)n1cc(NC(=O)C[C@H]2OCCc3ccccc32)cn1. The fourth-order valence-electron chi connectivity index (χ4n) is 2.78. The monoisotopic (exact) mass is 313 g/mol. The molecule has 1 N–H and O–H groups in total. The molecule has 0 fully saturated rings. The van der Waals surface area contributed by atoms with Crippen LogP contribution in [0.1, 0.15) is 44.4 Å². The summed E-state index contributed by atoms with van der Waals surface area (Å²) < 4.78 is 7.63. The van der Waals surface area contributed by atoms with E-state index in [0.29, 0.717) is 18.7 Å². The standard InChI is InChI=1S/C18H23N3O2/c1-18(2,3)21-12-14(11-19-21)20-17(22)10-16-15-7-5-4-6-13(15)8-9-23-16/h4-7,11-12,16H,8-10H2,1-3H3,(H,20,22)/t16-/m1/s1. The predicted octanol–water partition coefficient (Wildman–Crippen LogP) is 3.28. The minimum absolute atomic E-state index is 0.0554. The Labute approximate surface area is 136 Å². The summed E-state index contributed by atoms with van der Waals surface area (Å²) in [6, 6.07) is 8.17. The molecule has 5 nitrogen and oxygen atoms in total. The third-order valence-corrected chi connectivity index (χ3v) is 4.02. The van der Waals surface area contributed by atoms with Gasteiger partial charge in [0.15, 0.2) is 0 Å². The molecule has 1 aromatic carbocycles. The fraction of sp³-hybridized carbons (Fsp3) is 0.444. The molecule has 0 unspecified atom stereocenters. The topological polar surface area (TPSA) is 56.2 Å². The predicted molar refractivity (Wildman–Crippen MR) is 89.3 cm³/mol. The maximum atomic E-state index is 12.3. The van der Waals surface area contributed by atoms with E-state index in [1.165, 1.54) is 5.56 Å². The van der Waals surface area contributed by atoms with E-state index in [1.807, 2.05) is 29.1 Å². The van der Waals surface area contributed by atoms with Gasteiger partial charge in [0.2, 0.25) is 5.91 Å². The van der Waals surface area contributed by atoms with Crippen molar-refractivity contribution in [3.8, 4) is 0 Å². The Morgan fingerprint density at radius 3 is 2.91 bits per heavy atom. The number of anilines is 1. The average Bonchev–Trinajstić information content (AvgIpc) is 2.96. The molecule has 5 heteroatoms. The van der Waals surface area contributed by atoms with Gasteiger partial charge in [-0.1, -0.05) is 24.3 Å². The summed E-state index contributed by atoms with van der Waals surface area (Å²) in [7, 11) is 0. The van der Waals surface area contributed by atoms with Crippen molar-refractivity contribution in [3.05, 3.63) is 47.8 Å². The van der Waals surface area contributed by atoms with Gasteiger partial charge in [-0.3, -0.25) is 9.48 Å². The minimum Gasteiger partial charge on any atom is -0.373 e. The second kappa shape index (κ2) is 6.16. The van der Waals surface area contributed by atoms with Crippen LogP contribution in [0.4, 0.5) is 5.69 Å². The zero-order valence-corrected chi connectivity index (χ0v) is 13.9. The van der Waals surface area contributed by atoms with Crippen LogP contribution in [0.5, 0.6) is 0 Å². The van der Waals surface area contributed by atoms with Gasteiger partial charge in [-0.05, 0) is 38.3 Å². The number of carbonyl (C=O) groups is 1. The molecule has 1 aromatic heterocycles. The maximum absolute atomic E-state index is 12.3. The van der Waals surface area contributed by atoms with Crippen molar-refractivity contribution in [2.24, 2.45) is 0 Å². The zero-order valence-electron chi connectivity index (χ0n) is 13.9. The Morgan fingerprint density at radius 1 is 1.39 bits per heavy atom. The summed E-state index contributed by atoms with van der Waals surface area (Å²) in [5.74, 6) is -0.0554. The Morgan fingerprint density at radius 2 is 2.17 bits per heavy atom. The number of fused-ring (bicyclic) bond motifs is 1. The zero-order chi connectivity index (χ0) is 16.4. The van der Waals surface area contributed by atoms with Gasteiger partial charge in [0.05, 0.1) is 36.6 Å². The van der Waals surface area contributed by atoms with Gasteiger partial charge in [0.25, 0.3) is 0 Å². The maximum Gasteiger partial charge on any atom is 0.227 e. The number of benzene rings is 1. The van der Waals surface area contributed by atoms with E-state index in [1.54, 1.807) is 6.20 Å². The summed E-state index contributed by atoms with van der Waals surface area (Å²) in [5.41, 5.74) is 3.01. The first-order chi connectivity index (χ1) is 10.9. The first kappa shape index (κ1) is 15.7. The smallest absolute Gasteiger partial charge is 0.227 e. The molecule has 1 atom stereocenters. The highest BCUT2D eigenvalue weighted by Crippen LogP contribution is 2.29. The molecule has 122 valence electrons. The van der Waals surface area contributed by atoms with Crippen molar-refractivity contribution >= 4 is 11.6 Å². The lowest BCUT2D eigenvalue weighted by Gasteiger charge is -2.25. The number of hydrogen-bond acceptors (Lipinski definition) is 3. The van der Waals surface area contributed by atoms with Crippen LogP contribution in [0, 0.1) is 0 Å². The van der Waals surface area contributed by atoms with E-state index in [0.717, 1.165) is 12.0 Å². The van der Waals surface area contributed by atoms with Crippen LogP contribution < -0.4 is 5.32 Å². The molecule has 3 rings (SSSR count). The molecule has 23 heavy (non-hydrogen) atoms. The van der Waals surface area contributed by atoms with E-state index in [2.05, 4.69) is 37.3 Å². The van der Waals surface area contributed by atoms with Crippen molar-refractivity contribution in [2.75, 3.05) is 11.9 Å². The van der Waals surface area contributed by atoms with Crippen LogP contribution in [0.15, 0.2) is 36.7 Å². The Kier molecular flexibility index (Phi) is 4.22. The molecule has 1 aliphatic heterocycles. The molecular weight excluding hydrogens is 290 g/mol. The Balaban J connectivity index is 1.65. The summed E-state index contributed by atoms with van der Waals surface area (Å²) in [6.45, 7) is 6.87. The molecule has 0 saturated heterocycles. The van der Waals surface area contributed by atoms with Crippen LogP contribution in [-0.2, 0) is 21.5 Å². The van der Waals surface area contributed by atoms with E-state index in [-0.39, 0.29) is 17.6 Å². The van der Waals surface area contributed by atoms with Crippen LogP contribution in [0.25, 0.3) is 0 Å². The molecule has 1 amide bonds. The van der Waals surface area contributed by atoms with E-state index < -0.39 is 0 Å². The van der Waals surface area contributed by atoms with Gasteiger partial charge >= 0.3 is 0 Å². The van der Waals surface area contributed by atoms with Gasteiger partial charge < -0.3 is 10.1 Å². The second-order valence-corrected chi connectivity index (χ2v) is 6.90. The third-order valence-electron chi connectivity index (χ3n) is 4.02. The number of hydrogen-bond donors (Lipinski definition) is 1. The molecule has 2 heterocycles. The number of nitrogens with one attached hydrogen (secondary N) is 1. The number of rotatable bonds is 3. The first-order valence-corrected chi connectivity index (χ1v) is 7.98. The van der Waals surface area contributed by atoms with Crippen molar-refractivity contribution in [3.63, 3.8) is 0 Å². The lowest BCUT2D eigenvalue weighted by atomic mass is 9.95. The van der Waals surface area contributed by atoms with Crippen LogP contribution in [0.2, 0.25) is 0 Å². The van der Waals surface area contributed by atoms with E-state index in [9.17, 15) is 4.79 Å². The van der Waals surface area contributed by atoms with Gasteiger partial charge in [-0.2, -0.15) is 5.10 Å². The normalized spacial score (nSPS) is 17.6. The lowest BCUT2D eigenvalue weighted by molar-refractivity contribution is -0.119. The molecule has 2 aromatic rings. The minimum atomic E-state index is -0.169. The van der Waals surface area contributed by atoms with Gasteiger partial charge in [0.1, 0.15) is 0 Å². The van der Waals surface area contributed by atoms with Gasteiger partial charge in [0, 0.05) is 6.20 Å². The van der Waals surface area contributed by atoms with Crippen LogP contribution in [0.3, 0.4) is 0 Å². The summed E-state index contributed by atoms with van der Waals surface area (Å²) in [4.78, 5) is 12.3. The highest BCUT2D eigenvalue weighted by Gasteiger charge is 2.23. The average molecular weight is 313 g/mol. The van der Waals surface area contributed by atoms with Crippen molar-refractivity contribution in [1.82, 2.24) is 9.78 Å². The fourth-order valence-corrected chi connectivity index (χ4v) is 2.78. The summed E-state index contributed by atoms with van der Waals surface area (Å²) in [5, 5.41) is 7.20. The molecule has 0 spiro atoms. The van der Waals surface area contributed by atoms with Crippen molar-refractivity contribution in [1.29, 1.82) is 0 Å². The summed E-state index contributed by atoms with van der Waals surface area (Å²) in [6.07, 6.45) is 4.59. The van der Waals surface area contributed by atoms with Crippen LogP contribution >= 0.6 is 0 Å². The number of nitrogens with zero attached hydrogens (tertiary/aromatic N) is 2. The number of ether oxygens (including phenoxy) is 1. The van der Waals surface area contributed by atoms with Gasteiger partial charge in [-0.25, -0.2) is 0 Å². The molecule has 0 bridgehead atoms. The molecular formula is C18H23N3O2. The molecule has 0 radical (unpaired) electrons. The number of amides is 1. The first-order valence-electron chi connectivity index (χ1n) is 7.98. The largest absolute Gasteiger partial charge is 0.373 e. The Hall–Kier alpha value is -2.14. The quantitative estimate of drug-likeness (QED) is 0.946. The number of aromatic nitrogens is 2. The second-order valence-electron chi connectivity index (χ2n) is 6.90. The van der Waals surface area contributed by atoms with Crippen molar-refractivity contribution < 1.29 is 9.53 Å². The van der Waals surface area contributed by atoms with Crippen LogP contribution in [-0.4, -0.2) is 22.3 Å². The van der Waals surface area contributed by atoms with Crippen molar-refractivity contribution in [2.45, 2.75) is 45.3 Å². The Bertz CT molecular complexity index is 700.